The number of amides is 1. The van der Waals surface area contributed by atoms with Crippen molar-refractivity contribution in [2.75, 3.05) is 18.1 Å². The average Bonchev–Trinajstić information content (AvgIpc) is 3.30. The Hall–Kier alpha value is -1.84. The maximum Gasteiger partial charge on any atom is 0.259 e. The Morgan fingerprint density at radius 3 is 2.93 bits per heavy atom. The molecule has 9 heteroatoms. The Bertz CT molecular complexity index is 1100. The molecule has 0 saturated heterocycles. The molecule has 0 radical (unpaired) electrons. The first-order valence-electron chi connectivity index (χ1n) is 9.86. The van der Waals surface area contributed by atoms with Crippen LogP contribution in [-0.2, 0) is 23.4 Å². The van der Waals surface area contributed by atoms with Gasteiger partial charge in [-0.05, 0) is 61.3 Å². The smallest absolute Gasteiger partial charge is 0.259 e. The zero-order valence-corrected chi connectivity index (χ0v) is 18.8. The van der Waals surface area contributed by atoms with E-state index in [1.165, 1.54) is 34.3 Å². The molecule has 0 bridgehead atoms. The number of nitrogens with zero attached hydrogens (tertiary/aromatic N) is 1. The lowest BCUT2D eigenvalue weighted by Crippen LogP contribution is -2.26. The number of thioether (sulfide) groups is 2. The summed E-state index contributed by atoms with van der Waals surface area (Å²) >= 11 is 4.72. The fourth-order valence-corrected chi connectivity index (χ4v) is 6.28. The molecule has 3 aromatic rings. The number of carbonyl (C=O) groups is 1. The van der Waals surface area contributed by atoms with Crippen molar-refractivity contribution in [3.63, 3.8) is 0 Å². The van der Waals surface area contributed by atoms with Crippen LogP contribution in [0.1, 0.15) is 29.1 Å². The Kier molecular flexibility index (Phi) is 7.12. The van der Waals surface area contributed by atoms with Crippen molar-refractivity contribution in [2.24, 2.45) is 0 Å². The van der Waals surface area contributed by atoms with E-state index in [0.29, 0.717) is 23.9 Å². The van der Waals surface area contributed by atoms with Gasteiger partial charge in [-0.1, -0.05) is 0 Å². The number of aryl methyl sites for hydroxylation is 2. The van der Waals surface area contributed by atoms with Crippen LogP contribution in [0.3, 0.4) is 0 Å². The van der Waals surface area contributed by atoms with Crippen LogP contribution in [0.2, 0.25) is 0 Å². The summed E-state index contributed by atoms with van der Waals surface area (Å²) in [5.74, 6) is 2.05. The third-order valence-corrected chi connectivity index (χ3v) is 8.05. The zero-order valence-electron chi connectivity index (χ0n) is 16.3. The topological polar surface area (TPSA) is 74.8 Å². The number of benzene rings is 1. The van der Waals surface area contributed by atoms with Crippen LogP contribution in [0.25, 0.3) is 10.2 Å². The number of halogens is 1. The standard InChI is InChI=1S/C21H22FN3O2S3/c22-13-5-7-14(8-6-13)29-10-2-9-23-18(26)12-28-11-17-24-20(27)19-15-3-1-4-16(15)30-21(19)25-17/h5-8H,1-4,9-12H2,(H,23,26)(H,24,25,27). The second-order valence-electron chi connectivity index (χ2n) is 7.05. The Morgan fingerprint density at radius 1 is 1.27 bits per heavy atom. The van der Waals surface area contributed by atoms with Gasteiger partial charge < -0.3 is 10.3 Å². The molecule has 1 aliphatic carbocycles. The second-order valence-corrected chi connectivity index (χ2v) is 10.3. The molecular formula is C21H22FN3O2S3. The number of H-pyrrole nitrogens is 1. The van der Waals surface area contributed by atoms with Crippen molar-refractivity contribution in [3.05, 3.63) is 56.7 Å². The highest BCUT2D eigenvalue weighted by Gasteiger charge is 2.21. The minimum atomic E-state index is -0.234. The molecule has 0 fully saturated rings. The van der Waals surface area contributed by atoms with Crippen LogP contribution in [-0.4, -0.2) is 33.9 Å². The summed E-state index contributed by atoms with van der Waals surface area (Å²) in [6.45, 7) is 0.607. The molecule has 0 atom stereocenters. The second kappa shape index (κ2) is 9.98. The predicted octanol–water partition coefficient (Wildman–Crippen LogP) is 4.14. The third kappa shape index (κ3) is 5.25. The van der Waals surface area contributed by atoms with Crippen LogP contribution in [0, 0.1) is 5.82 Å². The normalized spacial score (nSPS) is 13.0. The molecule has 0 aliphatic heterocycles. The van der Waals surface area contributed by atoms with Crippen molar-refractivity contribution in [2.45, 2.75) is 36.3 Å². The summed E-state index contributed by atoms with van der Waals surface area (Å²) in [5, 5.41) is 3.67. The predicted molar refractivity (Wildman–Crippen MR) is 123 cm³/mol. The molecule has 1 aliphatic rings. The molecular weight excluding hydrogens is 441 g/mol. The number of hydrogen-bond donors (Lipinski definition) is 2. The van der Waals surface area contributed by atoms with E-state index in [2.05, 4.69) is 15.3 Å². The highest BCUT2D eigenvalue weighted by Crippen LogP contribution is 2.34. The van der Waals surface area contributed by atoms with E-state index in [1.807, 2.05) is 0 Å². The molecule has 30 heavy (non-hydrogen) atoms. The van der Waals surface area contributed by atoms with Crippen molar-refractivity contribution in [3.8, 4) is 0 Å². The Labute approximate surface area is 186 Å². The van der Waals surface area contributed by atoms with Crippen molar-refractivity contribution >= 4 is 51.0 Å². The largest absolute Gasteiger partial charge is 0.355 e. The lowest BCUT2D eigenvalue weighted by molar-refractivity contribution is -0.118. The third-order valence-electron chi connectivity index (χ3n) is 4.82. The van der Waals surface area contributed by atoms with Gasteiger partial charge in [-0.25, -0.2) is 9.37 Å². The van der Waals surface area contributed by atoms with E-state index < -0.39 is 0 Å². The minimum absolute atomic E-state index is 0.0229. The molecule has 2 aromatic heterocycles. The fraction of sp³-hybridized carbons (Fsp3) is 0.381. The summed E-state index contributed by atoms with van der Waals surface area (Å²) in [7, 11) is 0. The lowest BCUT2D eigenvalue weighted by Gasteiger charge is -2.06. The molecule has 0 saturated carbocycles. The van der Waals surface area contributed by atoms with Crippen molar-refractivity contribution in [1.82, 2.24) is 15.3 Å². The minimum Gasteiger partial charge on any atom is -0.355 e. The molecule has 5 nitrogen and oxygen atoms in total. The van der Waals surface area contributed by atoms with Crippen molar-refractivity contribution in [1.29, 1.82) is 0 Å². The number of carbonyl (C=O) groups excluding carboxylic acids is 1. The highest BCUT2D eigenvalue weighted by atomic mass is 32.2. The zero-order chi connectivity index (χ0) is 20.9. The summed E-state index contributed by atoms with van der Waals surface area (Å²) in [6, 6.07) is 6.42. The highest BCUT2D eigenvalue weighted by molar-refractivity contribution is 7.99. The Balaban J connectivity index is 1.17. The number of thiophene rings is 1. The first-order valence-corrected chi connectivity index (χ1v) is 12.8. The number of nitrogens with one attached hydrogen (secondary N) is 2. The summed E-state index contributed by atoms with van der Waals surface area (Å²) in [5.41, 5.74) is 1.12. The number of hydrogen-bond acceptors (Lipinski definition) is 6. The van der Waals surface area contributed by atoms with Gasteiger partial charge >= 0.3 is 0 Å². The van der Waals surface area contributed by atoms with E-state index in [4.69, 9.17) is 0 Å². The van der Waals surface area contributed by atoms with Gasteiger partial charge in [0.05, 0.1) is 16.9 Å². The molecule has 1 aromatic carbocycles. The molecule has 0 unspecified atom stereocenters. The van der Waals surface area contributed by atoms with Gasteiger partial charge in [0.25, 0.3) is 5.56 Å². The quantitative estimate of drug-likeness (QED) is 0.368. The molecule has 0 spiro atoms. The van der Waals surface area contributed by atoms with Crippen LogP contribution >= 0.6 is 34.9 Å². The van der Waals surface area contributed by atoms with E-state index in [1.54, 1.807) is 35.2 Å². The average molecular weight is 464 g/mol. The van der Waals surface area contributed by atoms with Crippen LogP contribution in [0.4, 0.5) is 4.39 Å². The van der Waals surface area contributed by atoms with Crippen molar-refractivity contribution < 1.29 is 9.18 Å². The fourth-order valence-electron chi connectivity index (χ4n) is 3.43. The number of aromatic amines is 1. The van der Waals surface area contributed by atoms with E-state index in [-0.39, 0.29) is 17.3 Å². The molecule has 2 N–H and O–H groups in total. The first-order chi connectivity index (χ1) is 14.6. The van der Waals surface area contributed by atoms with Gasteiger partial charge in [0.15, 0.2) is 0 Å². The Morgan fingerprint density at radius 2 is 2.10 bits per heavy atom. The van der Waals surface area contributed by atoms with Crippen LogP contribution in [0.5, 0.6) is 0 Å². The van der Waals surface area contributed by atoms with Gasteiger partial charge in [0.1, 0.15) is 16.5 Å². The molecule has 2 heterocycles. The van der Waals surface area contributed by atoms with Gasteiger partial charge in [-0.2, -0.15) is 0 Å². The molecule has 158 valence electrons. The number of aromatic nitrogens is 2. The summed E-state index contributed by atoms with van der Waals surface area (Å²) < 4.78 is 12.9. The monoisotopic (exact) mass is 463 g/mol. The van der Waals surface area contributed by atoms with Crippen LogP contribution < -0.4 is 10.9 Å². The maximum atomic E-state index is 12.9. The first kappa shape index (κ1) is 21.4. The van der Waals surface area contributed by atoms with Gasteiger partial charge in [-0.15, -0.1) is 34.9 Å². The summed E-state index contributed by atoms with van der Waals surface area (Å²) in [4.78, 5) is 35.1. The SMILES string of the molecule is O=C(CSCc1nc2sc3c(c2c(=O)[nH]1)CCC3)NCCCSc1ccc(F)cc1. The van der Waals surface area contributed by atoms with E-state index in [9.17, 15) is 14.0 Å². The maximum absolute atomic E-state index is 12.9. The van der Waals surface area contributed by atoms with E-state index in [0.717, 1.165) is 46.5 Å². The summed E-state index contributed by atoms with van der Waals surface area (Å²) in [6.07, 6.45) is 3.97. The van der Waals surface area contributed by atoms with Gasteiger partial charge in [0.2, 0.25) is 5.91 Å². The van der Waals surface area contributed by atoms with Gasteiger partial charge in [-0.3, -0.25) is 9.59 Å². The number of fused-ring (bicyclic) bond motifs is 3. The number of rotatable bonds is 9. The van der Waals surface area contributed by atoms with Gasteiger partial charge in [0, 0.05) is 16.3 Å². The molecule has 1 amide bonds. The van der Waals surface area contributed by atoms with E-state index >= 15 is 0 Å². The van der Waals surface area contributed by atoms with Crippen LogP contribution in [0.15, 0.2) is 34.0 Å². The lowest BCUT2D eigenvalue weighted by atomic mass is 10.2. The molecule has 4 rings (SSSR count).